The molecule has 3 N–H and O–H groups in total. The van der Waals surface area contributed by atoms with E-state index in [1.807, 2.05) is 0 Å². The molecular formula is C55H58O22. The lowest BCUT2D eigenvalue weighted by atomic mass is 9.89. The van der Waals surface area contributed by atoms with E-state index >= 15 is 0 Å². The lowest BCUT2D eigenvalue weighted by Gasteiger charge is -2.36. The van der Waals surface area contributed by atoms with Gasteiger partial charge in [0.05, 0.1) is 124 Å². The van der Waals surface area contributed by atoms with Crippen molar-refractivity contribution in [3.05, 3.63) is 165 Å². The normalized spacial score (nSPS) is 15.2. The molecule has 22 nitrogen and oxygen atoms in total. The number of rotatable bonds is 27. The highest BCUT2D eigenvalue weighted by atomic mass is 16.6. The topological polar surface area (TPSA) is 299 Å². The number of ether oxygens (including phenoxy) is 11. The van der Waals surface area contributed by atoms with Crippen LogP contribution in [0.4, 0.5) is 0 Å². The summed E-state index contributed by atoms with van der Waals surface area (Å²) in [6, 6.07) is 22.6. The molecule has 0 aromatic heterocycles. The summed E-state index contributed by atoms with van der Waals surface area (Å²) in [7, 11) is 5.60. The largest absolute Gasteiger partial charge is 0.466 e. The highest BCUT2D eigenvalue weighted by Crippen LogP contribution is 2.32. The first-order valence-corrected chi connectivity index (χ1v) is 23.4. The van der Waals surface area contributed by atoms with Crippen molar-refractivity contribution < 1.29 is 106 Å². The molecule has 77 heavy (non-hydrogen) atoms. The van der Waals surface area contributed by atoms with Crippen molar-refractivity contribution in [1.82, 2.24) is 0 Å². The number of benzene rings is 4. The molecule has 4 atom stereocenters. The van der Waals surface area contributed by atoms with Crippen LogP contribution in [0, 0.1) is 16.7 Å². The molecule has 1 aliphatic rings. The van der Waals surface area contributed by atoms with Gasteiger partial charge in [-0.2, -0.15) is 0 Å². The van der Waals surface area contributed by atoms with Crippen LogP contribution < -0.4 is 0 Å². The van der Waals surface area contributed by atoms with E-state index in [9.17, 15) is 53.7 Å². The van der Waals surface area contributed by atoms with Gasteiger partial charge in [-0.25, -0.2) is 33.6 Å². The SMILES string of the molecule is COC(=O)C1=CC=CCC1C(=O)OCC(CO)(COCC(COC(=O)c1ccccc1C(=O)OC)(COC(O)c1ccccc1C(=O)OC)COC(O)c1ccccc1C(=O)OC)COC(=O)c1ccccc1C(=O)OC. The van der Waals surface area contributed by atoms with Gasteiger partial charge < -0.3 is 67.4 Å². The molecule has 410 valence electrons. The van der Waals surface area contributed by atoms with Crippen molar-refractivity contribution in [2.75, 3.05) is 88.4 Å². The number of esters is 8. The number of methoxy groups -OCH3 is 5. The van der Waals surface area contributed by atoms with Crippen molar-refractivity contribution in [1.29, 1.82) is 0 Å². The number of allylic oxidation sites excluding steroid dienone is 3. The standard InChI is InChI=1S/C55H58O22/c1-67-44(57)34-16-6-11-21-39(34)49(62)73-29-54(26-56,30-74-50(63)40-22-12-7-17-35(40)45(58)68-2)27-72-28-55(31-75-51(64)41-23-13-8-18-36(41)46(59)69-3,32-76-52(65)42-24-14-9-19-37(42)47(60)70-4)33-77-53(66)43-25-15-10-20-38(43)48(61)71-5/h6-21,23-25,40,51-52,56,64-65H,22,26-33H2,1-5H3. The lowest BCUT2D eigenvalue weighted by Crippen LogP contribution is -2.46. The minimum Gasteiger partial charge on any atom is -0.466 e. The van der Waals surface area contributed by atoms with Crippen LogP contribution in [0.5, 0.6) is 0 Å². The van der Waals surface area contributed by atoms with Crippen molar-refractivity contribution in [2.24, 2.45) is 16.7 Å². The molecule has 22 heteroatoms. The minimum atomic E-state index is -1.92. The van der Waals surface area contributed by atoms with Crippen molar-refractivity contribution in [3.8, 4) is 0 Å². The van der Waals surface area contributed by atoms with Crippen LogP contribution in [-0.2, 0) is 61.7 Å². The molecule has 0 amide bonds. The Morgan fingerprint density at radius 1 is 0.468 bits per heavy atom. The van der Waals surface area contributed by atoms with Gasteiger partial charge >= 0.3 is 47.8 Å². The van der Waals surface area contributed by atoms with E-state index in [0.717, 1.165) is 35.5 Å². The average molecular weight is 1070 g/mol. The Kier molecular flexibility index (Phi) is 22.3. The fourth-order valence-corrected chi connectivity index (χ4v) is 7.70. The molecule has 0 saturated carbocycles. The van der Waals surface area contributed by atoms with E-state index in [0.29, 0.717) is 0 Å². The maximum atomic E-state index is 14.0. The van der Waals surface area contributed by atoms with E-state index in [4.69, 9.17) is 52.1 Å². The van der Waals surface area contributed by atoms with E-state index in [1.165, 1.54) is 103 Å². The summed E-state index contributed by atoms with van der Waals surface area (Å²) in [4.78, 5) is 105. The van der Waals surface area contributed by atoms with Gasteiger partial charge in [-0.3, -0.25) is 4.79 Å². The van der Waals surface area contributed by atoms with Crippen LogP contribution in [0.2, 0.25) is 0 Å². The van der Waals surface area contributed by atoms with Crippen LogP contribution in [0.25, 0.3) is 0 Å². The zero-order valence-electron chi connectivity index (χ0n) is 42.7. The Morgan fingerprint density at radius 3 is 1.26 bits per heavy atom. The third kappa shape index (κ3) is 15.5. The highest BCUT2D eigenvalue weighted by Gasteiger charge is 2.41. The van der Waals surface area contributed by atoms with Gasteiger partial charge in [-0.05, 0) is 42.8 Å². The van der Waals surface area contributed by atoms with Crippen LogP contribution >= 0.6 is 0 Å². The van der Waals surface area contributed by atoms with Gasteiger partial charge in [0, 0.05) is 11.1 Å². The maximum Gasteiger partial charge on any atom is 0.339 e. The molecular weight excluding hydrogens is 1010 g/mol. The quantitative estimate of drug-likeness (QED) is 0.0422. The Bertz CT molecular complexity index is 2750. The molecule has 4 aromatic carbocycles. The van der Waals surface area contributed by atoms with Gasteiger partial charge in [0.15, 0.2) is 12.6 Å². The number of carbonyl (C=O) groups excluding carboxylic acids is 8. The third-order valence-electron chi connectivity index (χ3n) is 12.0. The van der Waals surface area contributed by atoms with Crippen LogP contribution in [0.3, 0.4) is 0 Å². The smallest absolute Gasteiger partial charge is 0.339 e. The molecule has 0 fully saturated rings. The van der Waals surface area contributed by atoms with Crippen molar-refractivity contribution in [3.63, 3.8) is 0 Å². The number of aliphatic hydroxyl groups excluding tert-OH is 3. The Hall–Kier alpha value is -8.12. The Morgan fingerprint density at radius 2 is 0.831 bits per heavy atom. The van der Waals surface area contributed by atoms with Crippen LogP contribution in [0.15, 0.2) is 121 Å². The van der Waals surface area contributed by atoms with Crippen molar-refractivity contribution >= 4 is 47.8 Å². The van der Waals surface area contributed by atoms with E-state index in [-0.39, 0.29) is 56.5 Å². The van der Waals surface area contributed by atoms with E-state index in [1.54, 1.807) is 12.2 Å². The van der Waals surface area contributed by atoms with Gasteiger partial charge in [-0.15, -0.1) is 0 Å². The van der Waals surface area contributed by atoms with E-state index in [2.05, 4.69) is 0 Å². The Labute approximate surface area is 441 Å². The predicted octanol–water partition coefficient (Wildman–Crippen LogP) is 4.46. The Balaban J connectivity index is 1.58. The average Bonchev–Trinajstić information content (AvgIpc) is 3.48. The molecule has 4 aromatic rings. The summed E-state index contributed by atoms with van der Waals surface area (Å²) in [5, 5.41) is 34.4. The minimum absolute atomic E-state index is 0.0267. The third-order valence-corrected chi connectivity index (χ3v) is 12.0. The second kappa shape index (κ2) is 28.7. The first-order chi connectivity index (χ1) is 37.0. The molecule has 0 spiro atoms. The number of hydrogen-bond donors (Lipinski definition) is 3. The van der Waals surface area contributed by atoms with Gasteiger partial charge in [0.25, 0.3) is 0 Å². The molecule has 5 rings (SSSR count). The molecule has 0 heterocycles. The fraction of sp³-hybridized carbons (Fsp3) is 0.345. The first-order valence-electron chi connectivity index (χ1n) is 23.4. The monoisotopic (exact) mass is 1070 g/mol. The second-order valence-corrected chi connectivity index (χ2v) is 17.3. The summed E-state index contributed by atoms with van der Waals surface area (Å²) in [6.45, 7) is -6.14. The van der Waals surface area contributed by atoms with Gasteiger partial charge in [0.1, 0.15) is 19.8 Å². The van der Waals surface area contributed by atoms with Gasteiger partial charge in [0.2, 0.25) is 0 Å². The van der Waals surface area contributed by atoms with Gasteiger partial charge in [-0.1, -0.05) is 78.9 Å². The lowest BCUT2D eigenvalue weighted by molar-refractivity contribution is -0.195. The molecule has 0 saturated heterocycles. The van der Waals surface area contributed by atoms with Crippen molar-refractivity contribution in [2.45, 2.75) is 19.0 Å². The zero-order chi connectivity index (χ0) is 56.1. The first kappa shape index (κ1) is 59.8. The summed E-state index contributed by atoms with van der Waals surface area (Å²) < 4.78 is 60.0. The summed E-state index contributed by atoms with van der Waals surface area (Å²) in [6.07, 6.45) is 0.723. The zero-order valence-corrected chi connectivity index (χ0v) is 42.7. The molecule has 0 radical (unpaired) electrons. The molecule has 4 unspecified atom stereocenters. The highest BCUT2D eigenvalue weighted by molar-refractivity contribution is 6.04. The summed E-state index contributed by atoms with van der Waals surface area (Å²) in [5.41, 5.74) is -4.97. The molecule has 1 aliphatic carbocycles. The summed E-state index contributed by atoms with van der Waals surface area (Å²) >= 11 is 0. The van der Waals surface area contributed by atoms with Crippen LogP contribution in [0.1, 0.15) is 92.3 Å². The predicted molar refractivity (Wildman–Crippen MR) is 265 cm³/mol. The van der Waals surface area contributed by atoms with Crippen LogP contribution in [-0.4, -0.2) is 151 Å². The molecule has 0 bridgehead atoms. The number of aliphatic hydroxyl groups is 3. The number of hydrogen-bond acceptors (Lipinski definition) is 22. The number of carbonyl (C=O) groups is 8. The second-order valence-electron chi connectivity index (χ2n) is 17.3. The fourth-order valence-electron chi connectivity index (χ4n) is 7.70. The van der Waals surface area contributed by atoms with E-state index < -0.39 is 130 Å². The summed E-state index contributed by atoms with van der Waals surface area (Å²) in [5.74, 6) is -8.48. The molecule has 0 aliphatic heterocycles. The maximum absolute atomic E-state index is 14.0.